The van der Waals surface area contributed by atoms with Gasteiger partial charge in [0.15, 0.2) is 9.84 Å². The third kappa shape index (κ3) is 7.01. The monoisotopic (exact) mass is 482 g/mol. The maximum Gasteiger partial charge on any atom is 0.240 e. The van der Waals surface area contributed by atoms with Gasteiger partial charge in [-0.2, -0.15) is 0 Å². The van der Waals surface area contributed by atoms with Crippen LogP contribution in [0.2, 0.25) is 0 Å². The molecule has 8 nitrogen and oxygen atoms in total. The van der Waals surface area contributed by atoms with E-state index >= 15 is 0 Å². The summed E-state index contributed by atoms with van der Waals surface area (Å²) in [4.78, 5) is 2.35. The molecule has 0 radical (unpaired) electrons. The van der Waals surface area contributed by atoms with Gasteiger partial charge in [0.05, 0.1) is 23.9 Å². The topological polar surface area (TPSA) is 102 Å². The Kier molecular flexibility index (Phi) is 8.66. The number of hydrogen-bond acceptors (Lipinski definition) is 7. The summed E-state index contributed by atoms with van der Waals surface area (Å²) in [5.74, 6) is 0.409. The fraction of sp³-hybridized carbons (Fsp3) is 0.455. The molecule has 1 aliphatic heterocycles. The fourth-order valence-electron chi connectivity index (χ4n) is 3.44. The van der Waals surface area contributed by atoms with E-state index in [1.54, 1.807) is 6.92 Å². The molecule has 0 spiro atoms. The van der Waals surface area contributed by atoms with Crippen molar-refractivity contribution in [1.29, 1.82) is 0 Å². The second-order valence-corrected chi connectivity index (χ2v) is 11.7. The van der Waals surface area contributed by atoms with Crippen LogP contribution in [0, 0.1) is 0 Å². The van der Waals surface area contributed by atoms with Gasteiger partial charge in [-0.05, 0) is 29.8 Å². The molecule has 2 aromatic rings. The fourth-order valence-corrected chi connectivity index (χ4v) is 5.10. The minimum atomic E-state index is -3.73. The van der Waals surface area contributed by atoms with Crippen molar-refractivity contribution >= 4 is 19.9 Å². The first-order valence-electron chi connectivity index (χ1n) is 10.6. The number of nitrogens with one attached hydrogen (secondary N) is 1. The van der Waals surface area contributed by atoms with Crippen molar-refractivity contribution in [3.63, 3.8) is 0 Å². The van der Waals surface area contributed by atoms with Crippen molar-refractivity contribution < 1.29 is 26.3 Å². The Bertz CT molecular complexity index is 1050. The first-order chi connectivity index (χ1) is 15.3. The maximum absolute atomic E-state index is 12.9. The van der Waals surface area contributed by atoms with Gasteiger partial charge >= 0.3 is 0 Å². The molecule has 0 aliphatic carbocycles. The largest absolute Gasteiger partial charge is 0.493 e. The van der Waals surface area contributed by atoms with Gasteiger partial charge in [0.25, 0.3) is 0 Å². The second-order valence-electron chi connectivity index (χ2n) is 7.48. The molecular formula is C22H30N2O6S2. The van der Waals surface area contributed by atoms with Gasteiger partial charge in [0, 0.05) is 31.4 Å². The zero-order valence-electron chi connectivity index (χ0n) is 18.1. The Labute approximate surface area is 190 Å². The Morgan fingerprint density at radius 3 is 2.28 bits per heavy atom. The van der Waals surface area contributed by atoms with E-state index in [0.29, 0.717) is 19.0 Å². The van der Waals surface area contributed by atoms with E-state index in [4.69, 9.17) is 9.47 Å². The number of benzene rings is 2. The van der Waals surface area contributed by atoms with Crippen LogP contribution in [0.3, 0.4) is 0 Å². The van der Waals surface area contributed by atoms with Gasteiger partial charge < -0.3 is 9.47 Å². The highest BCUT2D eigenvalue weighted by molar-refractivity contribution is 7.91. The van der Waals surface area contributed by atoms with E-state index in [2.05, 4.69) is 9.62 Å². The quantitative estimate of drug-likeness (QED) is 0.521. The molecule has 3 rings (SSSR count). The number of hydrogen-bond donors (Lipinski definition) is 1. The van der Waals surface area contributed by atoms with Crippen LogP contribution >= 0.6 is 0 Å². The molecule has 1 fully saturated rings. The number of nitrogens with zero attached hydrogens (tertiary/aromatic N) is 1. The van der Waals surface area contributed by atoms with Crippen LogP contribution in [0.1, 0.15) is 18.5 Å². The van der Waals surface area contributed by atoms with E-state index < -0.39 is 19.9 Å². The molecule has 1 unspecified atom stereocenters. The molecule has 0 bridgehead atoms. The van der Waals surface area contributed by atoms with Crippen molar-refractivity contribution in [2.45, 2.75) is 17.9 Å². The summed E-state index contributed by atoms with van der Waals surface area (Å²) in [5.41, 5.74) is 1.04. The number of sulfone groups is 1. The molecular weight excluding hydrogens is 452 g/mol. The average Bonchev–Trinajstić information content (AvgIpc) is 2.81. The standard InChI is InChI=1S/C22H30N2O6S2/c1-2-31(25,26)17-16-30-20-8-10-21(11-9-20)32(27,28)23-18-22(19-6-4-3-5-7-19)24-12-14-29-15-13-24/h3-11,22-23H,2,12-18H2,1H3. The third-order valence-electron chi connectivity index (χ3n) is 5.37. The maximum atomic E-state index is 12.9. The van der Waals surface area contributed by atoms with E-state index in [9.17, 15) is 16.8 Å². The van der Waals surface area contributed by atoms with Crippen LogP contribution in [0.25, 0.3) is 0 Å². The van der Waals surface area contributed by atoms with Gasteiger partial charge in [-0.3, -0.25) is 4.90 Å². The highest BCUT2D eigenvalue weighted by Crippen LogP contribution is 2.22. The number of sulfonamides is 1. The summed E-state index contributed by atoms with van der Waals surface area (Å²) in [6.45, 7) is 4.57. The first kappa shape index (κ1) is 24.7. The van der Waals surface area contributed by atoms with Crippen LogP contribution in [0.4, 0.5) is 0 Å². The lowest BCUT2D eigenvalue weighted by molar-refractivity contribution is 0.0172. The lowest BCUT2D eigenvalue weighted by atomic mass is 10.1. The van der Waals surface area contributed by atoms with E-state index in [1.165, 1.54) is 24.3 Å². The lowest BCUT2D eigenvalue weighted by Crippen LogP contribution is -2.43. The van der Waals surface area contributed by atoms with Gasteiger partial charge in [-0.25, -0.2) is 21.6 Å². The summed E-state index contributed by atoms with van der Waals surface area (Å²) in [7, 11) is -6.84. The van der Waals surface area contributed by atoms with Crippen LogP contribution in [0.5, 0.6) is 5.75 Å². The Balaban J connectivity index is 1.63. The van der Waals surface area contributed by atoms with Crippen molar-refractivity contribution in [2.75, 3.05) is 51.0 Å². The third-order valence-corrected chi connectivity index (χ3v) is 8.48. The van der Waals surface area contributed by atoms with Crippen LogP contribution in [0.15, 0.2) is 59.5 Å². The smallest absolute Gasteiger partial charge is 0.240 e. The van der Waals surface area contributed by atoms with Crippen LogP contribution in [-0.2, 0) is 24.6 Å². The molecule has 0 saturated carbocycles. The molecule has 176 valence electrons. The van der Waals surface area contributed by atoms with Crippen LogP contribution in [-0.4, -0.2) is 72.7 Å². The van der Waals surface area contributed by atoms with Gasteiger partial charge in [-0.1, -0.05) is 37.3 Å². The highest BCUT2D eigenvalue weighted by atomic mass is 32.2. The SMILES string of the molecule is CCS(=O)(=O)CCOc1ccc(S(=O)(=O)NCC(c2ccccc2)N2CCOCC2)cc1. The van der Waals surface area contributed by atoms with Gasteiger partial charge in [0.2, 0.25) is 10.0 Å². The van der Waals surface area contributed by atoms with Crippen LogP contribution < -0.4 is 9.46 Å². The normalized spacial score (nSPS) is 16.5. The lowest BCUT2D eigenvalue weighted by Gasteiger charge is -2.34. The average molecular weight is 483 g/mol. The van der Waals surface area contributed by atoms with Crippen molar-refractivity contribution in [2.24, 2.45) is 0 Å². The first-order valence-corrected chi connectivity index (χ1v) is 13.9. The van der Waals surface area contributed by atoms with E-state index in [1.807, 2.05) is 30.3 Å². The molecule has 1 saturated heterocycles. The minimum Gasteiger partial charge on any atom is -0.493 e. The summed E-state index contributed by atoms with van der Waals surface area (Å²) in [6.07, 6.45) is 0. The Morgan fingerprint density at radius 1 is 1.00 bits per heavy atom. The predicted octanol–water partition coefficient (Wildman–Crippen LogP) is 1.85. The second kappa shape index (κ2) is 11.2. The van der Waals surface area contributed by atoms with E-state index in [-0.39, 0.29) is 35.6 Å². The van der Waals surface area contributed by atoms with Crippen molar-refractivity contribution in [1.82, 2.24) is 9.62 Å². The molecule has 1 atom stereocenters. The summed E-state index contributed by atoms with van der Waals surface area (Å²) in [6, 6.07) is 15.7. The van der Waals surface area contributed by atoms with Gasteiger partial charge in [0.1, 0.15) is 12.4 Å². The molecule has 32 heavy (non-hydrogen) atoms. The highest BCUT2D eigenvalue weighted by Gasteiger charge is 2.25. The zero-order chi connectivity index (χ0) is 23.0. The predicted molar refractivity (Wildman–Crippen MR) is 123 cm³/mol. The minimum absolute atomic E-state index is 0.0266. The zero-order valence-corrected chi connectivity index (χ0v) is 19.8. The van der Waals surface area contributed by atoms with Crippen molar-refractivity contribution in [3.05, 3.63) is 60.2 Å². The molecule has 0 amide bonds. The Hall–Kier alpha value is -1.98. The summed E-state index contributed by atoms with van der Waals surface area (Å²) in [5, 5.41) is 0. The van der Waals surface area contributed by atoms with Gasteiger partial charge in [-0.15, -0.1) is 0 Å². The van der Waals surface area contributed by atoms with Crippen molar-refractivity contribution in [3.8, 4) is 5.75 Å². The summed E-state index contributed by atoms with van der Waals surface area (Å²) < 4.78 is 62.4. The van der Waals surface area contributed by atoms with E-state index in [0.717, 1.165) is 18.7 Å². The molecule has 10 heteroatoms. The molecule has 1 N–H and O–H groups in total. The molecule has 2 aromatic carbocycles. The summed E-state index contributed by atoms with van der Waals surface area (Å²) >= 11 is 0. The number of morpholine rings is 1. The number of rotatable bonds is 11. The molecule has 1 heterocycles. The molecule has 1 aliphatic rings. The Morgan fingerprint density at radius 2 is 1.66 bits per heavy atom. The molecule has 0 aromatic heterocycles. The number of ether oxygens (including phenoxy) is 2.